The third-order valence-electron chi connectivity index (χ3n) is 5.17. The fourth-order valence-corrected chi connectivity index (χ4v) is 4.06. The van der Waals surface area contributed by atoms with Crippen LogP contribution in [0.25, 0.3) is 0 Å². The quantitative estimate of drug-likeness (QED) is 0.798. The summed E-state index contributed by atoms with van der Waals surface area (Å²) in [4.78, 5) is 16.9. The number of rotatable bonds is 2. The first kappa shape index (κ1) is 18.5. The van der Waals surface area contributed by atoms with Gasteiger partial charge in [-0.15, -0.1) is 0 Å². The Balaban J connectivity index is 1.58. The molecule has 6 nitrogen and oxygen atoms in total. The number of carbonyl (C=O) groups is 1. The summed E-state index contributed by atoms with van der Waals surface area (Å²) in [6, 6.07) is 10.4. The predicted octanol–water partition coefficient (Wildman–Crippen LogP) is 3.14. The summed E-state index contributed by atoms with van der Waals surface area (Å²) in [5.74, 6) is -0.667. The average molecular weight is 372 g/mol. The summed E-state index contributed by atoms with van der Waals surface area (Å²) < 4.78 is 17.7. The van der Waals surface area contributed by atoms with Crippen LogP contribution < -0.4 is 0 Å². The lowest BCUT2D eigenvalue weighted by atomic mass is 9.97. The van der Waals surface area contributed by atoms with Gasteiger partial charge in [-0.05, 0) is 26.3 Å². The van der Waals surface area contributed by atoms with Crippen molar-refractivity contribution in [3.8, 4) is 0 Å². The maximum Gasteiger partial charge on any atom is 0.414 e. The van der Waals surface area contributed by atoms with Gasteiger partial charge in [0.1, 0.15) is 5.60 Å². The molecule has 0 aliphatic carbocycles. The number of hydrogen-bond donors (Lipinski definition) is 0. The average Bonchev–Trinajstić information content (AvgIpc) is 3.23. The molecule has 1 aromatic carbocycles. The van der Waals surface area contributed by atoms with E-state index in [4.69, 9.17) is 14.2 Å². The minimum Gasteiger partial charge on any atom is -0.443 e. The highest BCUT2D eigenvalue weighted by Gasteiger charge is 2.50. The van der Waals surface area contributed by atoms with Crippen LogP contribution in [0.2, 0.25) is 0 Å². The molecule has 0 aromatic heterocycles. The van der Waals surface area contributed by atoms with Crippen LogP contribution in [0.4, 0.5) is 4.79 Å². The lowest BCUT2D eigenvalue weighted by Gasteiger charge is -2.39. The molecular formula is C21H28N2O4. The molecule has 0 saturated carbocycles. The summed E-state index contributed by atoms with van der Waals surface area (Å²) in [6.45, 7) is 9.69. The minimum atomic E-state index is -0.667. The molecule has 1 aromatic rings. The molecule has 1 fully saturated rings. The van der Waals surface area contributed by atoms with Crippen molar-refractivity contribution in [3.63, 3.8) is 0 Å². The van der Waals surface area contributed by atoms with Gasteiger partial charge in [0.25, 0.3) is 0 Å². The van der Waals surface area contributed by atoms with Gasteiger partial charge in [0.05, 0.1) is 13.2 Å². The van der Waals surface area contributed by atoms with Crippen molar-refractivity contribution in [1.29, 1.82) is 0 Å². The molecule has 3 heterocycles. The Hall–Kier alpha value is -1.89. The fraction of sp³-hybridized carbons (Fsp3) is 0.571. The Kier molecular flexibility index (Phi) is 4.74. The molecule has 3 aliphatic rings. The molecule has 1 saturated heterocycles. The molecule has 0 unspecified atom stereocenters. The van der Waals surface area contributed by atoms with Crippen LogP contribution in [0.5, 0.6) is 0 Å². The molecule has 0 atom stereocenters. The minimum absolute atomic E-state index is 0.288. The maximum absolute atomic E-state index is 12.8. The van der Waals surface area contributed by atoms with Gasteiger partial charge in [-0.3, -0.25) is 9.80 Å². The van der Waals surface area contributed by atoms with Gasteiger partial charge < -0.3 is 14.2 Å². The lowest BCUT2D eigenvalue weighted by molar-refractivity contribution is -0.140. The molecule has 6 heteroatoms. The molecule has 1 amide bonds. The molecule has 3 aliphatic heterocycles. The van der Waals surface area contributed by atoms with Gasteiger partial charge in [-0.2, -0.15) is 0 Å². The zero-order valence-electron chi connectivity index (χ0n) is 16.4. The predicted molar refractivity (Wildman–Crippen MR) is 101 cm³/mol. The van der Waals surface area contributed by atoms with Gasteiger partial charge in [0.2, 0.25) is 0 Å². The number of amides is 1. The van der Waals surface area contributed by atoms with Crippen molar-refractivity contribution in [3.05, 3.63) is 47.2 Å². The molecule has 0 radical (unpaired) electrons. The number of ether oxygens (including phenoxy) is 3. The van der Waals surface area contributed by atoms with E-state index < -0.39 is 11.4 Å². The highest BCUT2D eigenvalue weighted by Crippen LogP contribution is 2.42. The Morgan fingerprint density at radius 3 is 2.52 bits per heavy atom. The number of hydrogen-bond acceptors (Lipinski definition) is 5. The topological polar surface area (TPSA) is 51.2 Å². The van der Waals surface area contributed by atoms with Crippen LogP contribution in [0.3, 0.4) is 0 Å². The smallest absolute Gasteiger partial charge is 0.414 e. The summed E-state index contributed by atoms with van der Waals surface area (Å²) in [7, 11) is 0. The summed E-state index contributed by atoms with van der Waals surface area (Å²) >= 11 is 0. The van der Waals surface area contributed by atoms with Crippen molar-refractivity contribution in [1.82, 2.24) is 9.80 Å². The van der Waals surface area contributed by atoms with Gasteiger partial charge in [-0.1, -0.05) is 30.3 Å². The molecule has 0 N–H and O–H groups in total. The molecule has 0 bridgehead atoms. The summed E-state index contributed by atoms with van der Waals surface area (Å²) in [5.41, 5.74) is 2.79. The molecule has 27 heavy (non-hydrogen) atoms. The zero-order valence-corrected chi connectivity index (χ0v) is 16.4. The van der Waals surface area contributed by atoms with E-state index in [1.54, 1.807) is 4.90 Å². The second-order valence-corrected chi connectivity index (χ2v) is 8.39. The van der Waals surface area contributed by atoms with Crippen LogP contribution in [-0.4, -0.2) is 60.1 Å². The third kappa shape index (κ3) is 3.74. The Morgan fingerprint density at radius 2 is 1.85 bits per heavy atom. The maximum atomic E-state index is 12.8. The zero-order chi connectivity index (χ0) is 19.1. The first-order valence-corrected chi connectivity index (χ1v) is 9.63. The van der Waals surface area contributed by atoms with Crippen molar-refractivity contribution >= 4 is 6.09 Å². The summed E-state index contributed by atoms with van der Waals surface area (Å²) in [6.07, 6.45) is 0.356. The van der Waals surface area contributed by atoms with Gasteiger partial charge in [0, 0.05) is 43.9 Å². The number of benzene rings is 1. The normalized spacial score (nSPS) is 22.4. The Morgan fingerprint density at radius 1 is 1.15 bits per heavy atom. The van der Waals surface area contributed by atoms with E-state index in [2.05, 4.69) is 29.2 Å². The van der Waals surface area contributed by atoms with E-state index in [0.717, 1.165) is 24.4 Å². The first-order valence-electron chi connectivity index (χ1n) is 9.63. The van der Waals surface area contributed by atoms with Crippen molar-refractivity contribution < 1.29 is 19.0 Å². The van der Waals surface area contributed by atoms with Gasteiger partial charge >= 0.3 is 6.09 Å². The van der Waals surface area contributed by atoms with Crippen LogP contribution >= 0.6 is 0 Å². The van der Waals surface area contributed by atoms with E-state index in [0.29, 0.717) is 32.7 Å². The summed E-state index contributed by atoms with van der Waals surface area (Å²) in [5, 5.41) is 0. The van der Waals surface area contributed by atoms with E-state index >= 15 is 0 Å². The van der Waals surface area contributed by atoms with E-state index in [1.165, 1.54) is 5.56 Å². The molecular weight excluding hydrogens is 344 g/mol. The van der Waals surface area contributed by atoms with Crippen molar-refractivity contribution in [2.75, 3.05) is 32.8 Å². The first-order chi connectivity index (χ1) is 12.9. The lowest BCUT2D eigenvalue weighted by Crippen LogP contribution is -2.47. The highest BCUT2D eigenvalue weighted by molar-refractivity contribution is 5.71. The number of carbonyl (C=O) groups excluding carboxylic acids is 1. The third-order valence-corrected chi connectivity index (χ3v) is 5.17. The standard InChI is InChI=1S/C21H28N2O4/c1-20(2,3)27-19(24)23-10-9-21(25-11-12-26-21)17-14-22(15-18(17)23)13-16-7-5-4-6-8-16/h4-8H,9-15H2,1-3H3. The monoisotopic (exact) mass is 372 g/mol. The number of nitrogens with zero attached hydrogens (tertiary/aromatic N) is 2. The van der Waals surface area contributed by atoms with Crippen LogP contribution in [0, 0.1) is 0 Å². The van der Waals surface area contributed by atoms with Crippen LogP contribution in [-0.2, 0) is 20.8 Å². The Labute approximate surface area is 160 Å². The molecule has 4 rings (SSSR count). The second kappa shape index (κ2) is 6.93. The fourth-order valence-electron chi connectivity index (χ4n) is 4.06. The SMILES string of the molecule is CC(C)(C)OC(=O)N1CCC2(OCCO2)C2=C1CN(Cc1ccccc1)C2. The van der Waals surface area contributed by atoms with Gasteiger partial charge in [-0.25, -0.2) is 4.79 Å². The van der Waals surface area contributed by atoms with Crippen molar-refractivity contribution in [2.24, 2.45) is 0 Å². The molecule has 146 valence electrons. The second-order valence-electron chi connectivity index (χ2n) is 8.39. The van der Waals surface area contributed by atoms with E-state index in [-0.39, 0.29) is 6.09 Å². The van der Waals surface area contributed by atoms with E-state index in [1.807, 2.05) is 26.8 Å². The van der Waals surface area contributed by atoms with Crippen molar-refractivity contribution in [2.45, 2.75) is 45.1 Å². The van der Waals surface area contributed by atoms with Crippen LogP contribution in [0.15, 0.2) is 41.6 Å². The largest absolute Gasteiger partial charge is 0.443 e. The molecule has 1 spiro atoms. The van der Waals surface area contributed by atoms with Gasteiger partial charge in [0.15, 0.2) is 5.79 Å². The van der Waals surface area contributed by atoms with Crippen LogP contribution in [0.1, 0.15) is 32.8 Å². The van der Waals surface area contributed by atoms with E-state index in [9.17, 15) is 4.79 Å². The Bertz CT molecular complexity index is 732. The number of fused-ring (bicyclic) bond motifs is 1. The highest BCUT2D eigenvalue weighted by atomic mass is 16.7.